The van der Waals surface area contributed by atoms with E-state index < -0.39 is 0 Å². The highest BCUT2D eigenvalue weighted by molar-refractivity contribution is 9.11. The number of carbonyl (C=O) groups is 1. The maximum Gasteiger partial charge on any atom is 0.186 e. The molecule has 2 aromatic rings. The molecule has 0 saturated heterocycles. The van der Waals surface area contributed by atoms with Crippen LogP contribution in [0.2, 0.25) is 0 Å². The summed E-state index contributed by atoms with van der Waals surface area (Å²) in [6, 6.07) is 9.62. The van der Waals surface area contributed by atoms with Gasteiger partial charge in [-0.25, -0.2) is 0 Å². The van der Waals surface area contributed by atoms with Crippen molar-refractivity contribution in [2.45, 2.75) is 13.5 Å². The van der Waals surface area contributed by atoms with Crippen molar-refractivity contribution >= 4 is 33.0 Å². The maximum atomic E-state index is 12.1. The van der Waals surface area contributed by atoms with E-state index in [2.05, 4.69) is 32.7 Å². The largest absolute Gasteiger partial charge is 0.292 e. The average molecular weight is 339 g/mol. The number of Topliss-reactive ketones (excluding diaryl/α,β-unsaturated/α-hetero) is 1. The number of thiophene rings is 1. The third-order valence-electron chi connectivity index (χ3n) is 2.77. The molecule has 3 nitrogen and oxygen atoms in total. The van der Waals surface area contributed by atoms with E-state index >= 15 is 0 Å². The minimum atomic E-state index is 0.161. The molecule has 0 saturated carbocycles. The normalized spacial score (nSPS) is 10.9. The van der Waals surface area contributed by atoms with Gasteiger partial charge in [0.05, 0.1) is 20.9 Å². The number of halogens is 1. The summed E-state index contributed by atoms with van der Waals surface area (Å²) in [5.74, 6) is 0.161. The van der Waals surface area contributed by atoms with Crippen molar-refractivity contribution in [1.82, 2.24) is 9.88 Å². The number of nitrogens with zero attached hydrogens (tertiary/aromatic N) is 2. The molecule has 0 radical (unpaired) electrons. The zero-order valence-electron chi connectivity index (χ0n) is 10.7. The first-order valence-electron chi connectivity index (χ1n) is 6.10. The summed E-state index contributed by atoms with van der Waals surface area (Å²) in [6.07, 6.45) is 1.78. The number of likely N-dealkylation sites (N-methyl/N-ethyl adjacent to an activating group) is 1. The van der Waals surface area contributed by atoms with E-state index in [0.29, 0.717) is 13.1 Å². The van der Waals surface area contributed by atoms with Gasteiger partial charge >= 0.3 is 0 Å². The van der Waals surface area contributed by atoms with Gasteiger partial charge in [-0.2, -0.15) is 0 Å². The van der Waals surface area contributed by atoms with Crippen molar-refractivity contribution in [2.75, 3.05) is 13.1 Å². The van der Waals surface area contributed by atoms with Gasteiger partial charge in [0.15, 0.2) is 5.78 Å². The van der Waals surface area contributed by atoms with Gasteiger partial charge < -0.3 is 0 Å². The molecule has 19 heavy (non-hydrogen) atoms. The summed E-state index contributed by atoms with van der Waals surface area (Å²) in [7, 11) is 0. The highest BCUT2D eigenvalue weighted by Gasteiger charge is 2.13. The maximum absolute atomic E-state index is 12.1. The Morgan fingerprint density at radius 1 is 1.37 bits per heavy atom. The first-order chi connectivity index (χ1) is 9.19. The molecule has 0 atom stereocenters. The molecule has 2 rings (SSSR count). The van der Waals surface area contributed by atoms with Crippen LogP contribution in [0.3, 0.4) is 0 Å². The van der Waals surface area contributed by atoms with E-state index in [1.165, 1.54) is 11.3 Å². The molecular weight excluding hydrogens is 324 g/mol. The molecule has 0 bridgehead atoms. The van der Waals surface area contributed by atoms with E-state index in [-0.39, 0.29) is 5.78 Å². The highest BCUT2D eigenvalue weighted by Crippen LogP contribution is 2.22. The van der Waals surface area contributed by atoms with Crippen LogP contribution >= 0.6 is 27.3 Å². The van der Waals surface area contributed by atoms with Crippen molar-refractivity contribution in [3.05, 3.63) is 50.9 Å². The Bertz CT molecular complexity index is 541. The number of hydrogen-bond acceptors (Lipinski definition) is 4. The van der Waals surface area contributed by atoms with Crippen LogP contribution < -0.4 is 0 Å². The van der Waals surface area contributed by atoms with Crippen molar-refractivity contribution in [3.8, 4) is 0 Å². The summed E-state index contributed by atoms with van der Waals surface area (Å²) in [6.45, 7) is 4.02. The molecule has 0 amide bonds. The van der Waals surface area contributed by atoms with Crippen molar-refractivity contribution in [3.63, 3.8) is 0 Å². The molecule has 0 aliphatic rings. The van der Waals surface area contributed by atoms with Gasteiger partial charge in [-0.3, -0.25) is 14.7 Å². The summed E-state index contributed by atoms with van der Waals surface area (Å²) in [5, 5.41) is 0. The van der Waals surface area contributed by atoms with Crippen LogP contribution in [-0.2, 0) is 6.54 Å². The quantitative estimate of drug-likeness (QED) is 0.754. The monoisotopic (exact) mass is 338 g/mol. The van der Waals surface area contributed by atoms with Gasteiger partial charge in [-0.15, -0.1) is 11.3 Å². The van der Waals surface area contributed by atoms with E-state index in [4.69, 9.17) is 0 Å². The number of aromatic nitrogens is 1. The highest BCUT2D eigenvalue weighted by atomic mass is 79.9. The van der Waals surface area contributed by atoms with E-state index in [0.717, 1.165) is 20.9 Å². The van der Waals surface area contributed by atoms with Crippen molar-refractivity contribution in [1.29, 1.82) is 0 Å². The number of ketones is 1. The Hall–Kier alpha value is -1.04. The molecule has 0 aliphatic carbocycles. The minimum Gasteiger partial charge on any atom is -0.292 e. The second kappa shape index (κ2) is 6.93. The third kappa shape index (κ3) is 4.23. The molecule has 0 unspecified atom stereocenters. The van der Waals surface area contributed by atoms with Gasteiger partial charge in [0.25, 0.3) is 0 Å². The molecular formula is C14H15BrN2OS. The summed E-state index contributed by atoms with van der Waals surface area (Å²) in [4.78, 5) is 19.3. The van der Waals surface area contributed by atoms with Gasteiger partial charge in [0.2, 0.25) is 0 Å². The molecule has 0 fully saturated rings. The summed E-state index contributed by atoms with van der Waals surface area (Å²) in [5.41, 5.74) is 0.990. The molecule has 0 aliphatic heterocycles. The topological polar surface area (TPSA) is 33.2 Å². The second-order valence-corrected chi connectivity index (χ2v) is 6.61. The van der Waals surface area contributed by atoms with E-state index in [1.807, 2.05) is 30.3 Å². The van der Waals surface area contributed by atoms with E-state index in [9.17, 15) is 4.79 Å². The number of hydrogen-bond donors (Lipinski definition) is 0. The first kappa shape index (κ1) is 14.4. The van der Waals surface area contributed by atoms with Crippen molar-refractivity contribution in [2.24, 2.45) is 0 Å². The number of pyridine rings is 1. The fourth-order valence-electron chi connectivity index (χ4n) is 1.75. The minimum absolute atomic E-state index is 0.161. The Balaban J connectivity index is 1.97. The lowest BCUT2D eigenvalue weighted by atomic mass is 10.2. The number of rotatable bonds is 6. The Labute approximate surface area is 125 Å². The third-order valence-corrected chi connectivity index (χ3v) is 4.44. The lowest BCUT2D eigenvalue weighted by molar-refractivity contribution is 0.0933. The van der Waals surface area contributed by atoms with Crippen LogP contribution in [0.25, 0.3) is 0 Å². The Morgan fingerprint density at radius 2 is 2.21 bits per heavy atom. The van der Waals surface area contributed by atoms with Crippen LogP contribution in [0.5, 0.6) is 0 Å². The molecule has 100 valence electrons. The van der Waals surface area contributed by atoms with E-state index in [1.54, 1.807) is 6.20 Å². The van der Waals surface area contributed by atoms with Crippen LogP contribution in [0.1, 0.15) is 22.3 Å². The Kier molecular flexibility index (Phi) is 5.24. The second-order valence-electron chi connectivity index (χ2n) is 4.15. The fourth-order valence-corrected chi connectivity index (χ4v) is 3.06. The predicted octanol–water partition coefficient (Wildman–Crippen LogP) is 3.61. The zero-order chi connectivity index (χ0) is 13.7. The summed E-state index contributed by atoms with van der Waals surface area (Å²) >= 11 is 4.86. The van der Waals surface area contributed by atoms with Crippen LogP contribution in [0, 0.1) is 0 Å². The molecule has 0 spiro atoms. The van der Waals surface area contributed by atoms with Crippen molar-refractivity contribution < 1.29 is 4.79 Å². The van der Waals surface area contributed by atoms with Gasteiger partial charge in [-0.1, -0.05) is 13.0 Å². The first-order valence-corrected chi connectivity index (χ1v) is 7.70. The van der Waals surface area contributed by atoms with Crippen LogP contribution in [0.15, 0.2) is 40.3 Å². The van der Waals surface area contributed by atoms with Gasteiger partial charge in [0.1, 0.15) is 0 Å². The molecule has 0 N–H and O–H groups in total. The molecule has 0 aromatic carbocycles. The van der Waals surface area contributed by atoms with Crippen LogP contribution in [0.4, 0.5) is 0 Å². The predicted molar refractivity (Wildman–Crippen MR) is 81.5 cm³/mol. The zero-order valence-corrected chi connectivity index (χ0v) is 13.1. The number of carbonyl (C=O) groups excluding carboxylic acids is 1. The van der Waals surface area contributed by atoms with Crippen LogP contribution in [-0.4, -0.2) is 28.8 Å². The Morgan fingerprint density at radius 3 is 2.79 bits per heavy atom. The standard InChI is InChI=1S/C14H15BrN2OS/c1-2-17(9-11-5-3-4-8-16-11)10-12(18)13-6-7-14(15)19-13/h3-8H,2,9-10H2,1H3. The lowest BCUT2D eigenvalue weighted by Gasteiger charge is -2.18. The average Bonchev–Trinajstić information content (AvgIpc) is 2.86. The SMILES string of the molecule is CCN(CC(=O)c1ccc(Br)s1)Cc1ccccn1. The van der Waals surface area contributed by atoms with Gasteiger partial charge in [0, 0.05) is 12.7 Å². The fraction of sp³-hybridized carbons (Fsp3) is 0.286. The smallest absolute Gasteiger partial charge is 0.186 e. The molecule has 2 heterocycles. The summed E-state index contributed by atoms with van der Waals surface area (Å²) < 4.78 is 0.989. The molecule has 2 aromatic heterocycles. The molecule has 5 heteroatoms. The van der Waals surface area contributed by atoms with Gasteiger partial charge in [-0.05, 0) is 46.7 Å². The lowest BCUT2D eigenvalue weighted by Crippen LogP contribution is -2.29.